The summed E-state index contributed by atoms with van der Waals surface area (Å²) in [5, 5.41) is 21.2. The average Bonchev–Trinajstić information content (AvgIpc) is 2.39. The van der Waals surface area contributed by atoms with Crippen molar-refractivity contribution in [2.75, 3.05) is 0 Å². The molecule has 0 unspecified atom stereocenters. The number of carbonyl (C=O) groups is 2. The first kappa shape index (κ1) is 19.4. The van der Waals surface area contributed by atoms with E-state index >= 15 is 0 Å². The van der Waals surface area contributed by atoms with Crippen LogP contribution in [0, 0.1) is 0 Å². The topological polar surface area (TPSA) is 80.3 Å². The SMILES string of the molecule is O=C([O-])c1ccc(-c2ccc(C(=O)[O-])cc2)cc1.[Na+].[Na+]. The minimum Gasteiger partial charge on any atom is -0.545 e. The zero-order valence-electron chi connectivity index (χ0n) is 11.3. The first-order valence-corrected chi connectivity index (χ1v) is 5.21. The van der Waals surface area contributed by atoms with Gasteiger partial charge in [-0.05, 0) is 22.3 Å². The molecule has 0 bridgehead atoms. The van der Waals surface area contributed by atoms with Crippen LogP contribution in [0.5, 0.6) is 0 Å². The molecule has 0 amide bonds. The third-order valence-electron chi connectivity index (χ3n) is 2.57. The van der Waals surface area contributed by atoms with Gasteiger partial charge in [-0.25, -0.2) is 0 Å². The van der Waals surface area contributed by atoms with Gasteiger partial charge >= 0.3 is 59.1 Å². The van der Waals surface area contributed by atoms with Crippen molar-refractivity contribution in [1.29, 1.82) is 0 Å². The van der Waals surface area contributed by atoms with Gasteiger partial charge in [0.1, 0.15) is 0 Å². The fraction of sp³-hybridized carbons (Fsp3) is 0. The van der Waals surface area contributed by atoms with Crippen molar-refractivity contribution in [2.24, 2.45) is 0 Å². The van der Waals surface area contributed by atoms with Crippen LogP contribution in [0.3, 0.4) is 0 Å². The van der Waals surface area contributed by atoms with Crippen LogP contribution in [0.1, 0.15) is 20.7 Å². The van der Waals surface area contributed by atoms with Crippen LogP contribution in [0.25, 0.3) is 11.1 Å². The average molecular weight is 286 g/mol. The summed E-state index contributed by atoms with van der Waals surface area (Å²) >= 11 is 0. The Morgan fingerprint density at radius 1 is 0.600 bits per heavy atom. The molecule has 2 rings (SSSR count). The van der Waals surface area contributed by atoms with Crippen molar-refractivity contribution in [1.82, 2.24) is 0 Å². The Morgan fingerprint density at radius 3 is 1.05 bits per heavy atom. The van der Waals surface area contributed by atoms with Crippen LogP contribution in [0.2, 0.25) is 0 Å². The van der Waals surface area contributed by atoms with Gasteiger partial charge in [-0.3, -0.25) is 0 Å². The number of hydrogen-bond donors (Lipinski definition) is 0. The largest absolute Gasteiger partial charge is 1.00 e. The Hall–Kier alpha value is -0.620. The van der Waals surface area contributed by atoms with Gasteiger partial charge in [-0.2, -0.15) is 0 Å². The molecule has 90 valence electrons. The van der Waals surface area contributed by atoms with E-state index < -0.39 is 11.9 Å². The molecule has 0 aliphatic rings. The molecule has 0 saturated carbocycles. The molecule has 0 saturated heterocycles. The van der Waals surface area contributed by atoms with Crippen LogP contribution < -0.4 is 69.3 Å². The quantitative estimate of drug-likeness (QED) is 0.526. The molecule has 0 spiro atoms. The van der Waals surface area contributed by atoms with Crippen molar-refractivity contribution in [2.45, 2.75) is 0 Å². The smallest absolute Gasteiger partial charge is 0.545 e. The first-order valence-electron chi connectivity index (χ1n) is 5.21. The Bertz CT molecular complexity index is 536. The zero-order chi connectivity index (χ0) is 13.1. The van der Waals surface area contributed by atoms with E-state index in [1.807, 2.05) is 0 Å². The third kappa shape index (κ3) is 4.74. The number of benzene rings is 2. The van der Waals surface area contributed by atoms with Crippen molar-refractivity contribution in [3.63, 3.8) is 0 Å². The minimum atomic E-state index is -1.23. The summed E-state index contributed by atoms with van der Waals surface area (Å²) < 4.78 is 0. The van der Waals surface area contributed by atoms with Gasteiger partial charge in [0.05, 0.1) is 11.9 Å². The molecule has 2 aromatic rings. The van der Waals surface area contributed by atoms with E-state index in [0.717, 1.165) is 11.1 Å². The van der Waals surface area contributed by atoms with Crippen molar-refractivity contribution < 1.29 is 78.9 Å². The Balaban J connectivity index is 0.00000180. The molecular formula is C14H8Na2O4. The molecule has 0 N–H and O–H groups in total. The van der Waals surface area contributed by atoms with Crippen LogP contribution >= 0.6 is 0 Å². The normalized spacial score (nSPS) is 9.00. The maximum absolute atomic E-state index is 10.6. The molecule has 6 heteroatoms. The van der Waals surface area contributed by atoms with E-state index in [9.17, 15) is 19.8 Å². The van der Waals surface area contributed by atoms with Crippen LogP contribution in [0.4, 0.5) is 0 Å². The van der Waals surface area contributed by atoms with Crippen molar-refractivity contribution >= 4 is 11.9 Å². The van der Waals surface area contributed by atoms with E-state index in [2.05, 4.69) is 0 Å². The van der Waals surface area contributed by atoms with Gasteiger partial charge < -0.3 is 19.8 Å². The van der Waals surface area contributed by atoms with Gasteiger partial charge in [0.2, 0.25) is 0 Å². The van der Waals surface area contributed by atoms with E-state index in [4.69, 9.17) is 0 Å². The van der Waals surface area contributed by atoms with Crippen LogP contribution in [-0.2, 0) is 0 Å². The summed E-state index contributed by atoms with van der Waals surface area (Å²) in [5.74, 6) is -2.46. The predicted octanol–water partition coefficient (Wildman–Crippen LogP) is -5.91. The third-order valence-corrected chi connectivity index (χ3v) is 2.57. The second-order valence-corrected chi connectivity index (χ2v) is 3.73. The van der Waals surface area contributed by atoms with Crippen molar-refractivity contribution in [3.8, 4) is 11.1 Å². The van der Waals surface area contributed by atoms with Crippen LogP contribution in [0.15, 0.2) is 48.5 Å². The Kier molecular flexibility index (Phi) is 8.35. The number of rotatable bonds is 3. The summed E-state index contributed by atoms with van der Waals surface area (Å²) in [4.78, 5) is 21.2. The molecule has 4 nitrogen and oxygen atoms in total. The molecule has 0 radical (unpaired) electrons. The summed E-state index contributed by atoms with van der Waals surface area (Å²) in [6, 6.07) is 12.3. The van der Waals surface area contributed by atoms with E-state index in [0.29, 0.717) is 0 Å². The van der Waals surface area contributed by atoms with Crippen molar-refractivity contribution in [3.05, 3.63) is 59.7 Å². The Morgan fingerprint density at radius 2 is 0.850 bits per heavy atom. The summed E-state index contributed by atoms with van der Waals surface area (Å²) in [5.41, 5.74) is 1.80. The van der Waals surface area contributed by atoms with Gasteiger partial charge in [0.25, 0.3) is 0 Å². The maximum Gasteiger partial charge on any atom is 1.00 e. The van der Waals surface area contributed by atoms with E-state index in [1.54, 1.807) is 24.3 Å². The molecular weight excluding hydrogens is 278 g/mol. The first-order chi connectivity index (χ1) is 8.58. The number of carboxylic acid groups (broad SMARTS) is 2. The number of carbonyl (C=O) groups excluding carboxylic acids is 2. The van der Waals surface area contributed by atoms with Gasteiger partial charge in [0, 0.05) is 0 Å². The molecule has 0 aliphatic carbocycles. The molecule has 0 fully saturated rings. The molecule has 0 aliphatic heterocycles. The van der Waals surface area contributed by atoms with Gasteiger partial charge in [-0.1, -0.05) is 48.5 Å². The molecule has 0 atom stereocenters. The van der Waals surface area contributed by atoms with Gasteiger partial charge in [0.15, 0.2) is 0 Å². The molecule has 0 aromatic heterocycles. The fourth-order valence-electron chi connectivity index (χ4n) is 1.60. The second-order valence-electron chi connectivity index (χ2n) is 3.73. The summed E-state index contributed by atoms with van der Waals surface area (Å²) in [7, 11) is 0. The summed E-state index contributed by atoms with van der Waals surface area (Å²) in [6.45, 7) is 0. The van der Waals surface area contributed by atoms with Crippen LogP contribution in [-0.4, -0.2) is 11.9 Å². The minimum absolute atomic E-state index is 0. The number of carboxylic acids is 2. The molecule has 0 heterocycles. The fourth-order valence-corrected chi connectivity index (χ4v) is 1.60. The number of aromatic carboxylic acids is 2. The number of hydrogen-bond acceptors (Lipinski definition) is 4. The zero-order valence-corrected chi connectivity index (χ0v) is 15.3. The summed E-state index contributed by atoms with van der Waals surface area (Å²) in [6.07, 6.45) is 0. The monoisotopic (exact) mass is 286 g/mol. The maximum atomic E-state index is 10.6. The predicted molar refractivity (Wildman–Crippen MR) is 60.5 cm³/mol. The standard InChI is InChI=1S/C14H10O4.2Na/c15-13(16)11-5-1-9(2-6-11)10-3-7-12(8-4-10)14(17)18;;/h1-8H,(H,15,16)(H,17,18);;/q;2*+1/p-2. The molecule has 20 heavy (non-hydrogen) atoms. The van der Waals surface area contributed by atoms with E-state index in [1.165, 1.54) is 24.3 Å². The second kappa shape index (κ2) is 8.62. The van der Waals surface area contributed by atoms with E-state index in [-0.39, 0.29) is 70.2 Å². The molecule has 2 aromatic carbocycles. The van der Waals surface area contributed by atoms with Gasteiger partial charge in [-0.15, -0.1) is 0 Å². The Labute approximate surface area is 160 Å².